The van der Waals surface area contributed by atoms with E-state index in [1.165, 1.54) is 13.0 Å². The van der Waals surface area contributed by atoms with E-state index in [-0.39, 0.29) is 12.5 Å². The number of hydrogen-bond donors (Lipinski definition) is 5. The van der Waals surface area contributed by atoms with Crippen LogP contribution in [0, 0.1) is 0 Å². The molecule has 0 bridgehead atoms. The maximum Gasteiger partial charge on any atom is 0.220 e. The van der Waals surface area contributed by atoms with E-state index < -0.39 is 36.4 Å². The molecule has 1 rings (SSSR count). The molecular weight excluding hydrogens is 316 g/mol. The van der Waals surface area contributed by atoms with Crippen LogP contribution in [-0.2, 0) is 14.3 Å². The number of ether oxygens (including phenoxy) is 1. The molecule has 1 unspecified atom stereocenters. The SMILES string of the molecule is CCCCC(=O)NC[C@@H](O)[C@@H](O)C1OC(C)=C[C@@H](O)[C@H]1NC(C)=O. The van der Waals surface area contributed by atoms with Crippen LogP contribution in [0.1, 0.15) is 40.0 Å². The predicted octanol–water partition coefficient (Wildman–Crippen LogP) is -0.817. The lowest BCUT2D eigenvalue weighted by molar-refractivity contribution is -0.130. The average molecular weight is 344 g/mol. The van der Waals surface area contributed by atoms with Gasteiger partial charge in [0.25, 0.3) is 0 Å². The highest BCUT2D eigenvalue weighted by Gasteiger charge is 2.41. The van der Waals surface area contributed by atoms with Gasteiger partial charge in [-0.2, -0.15) is 0 Å². The molecule has 5 N–H and O–H groups in total. The summed E-state index contributed by atoms with van der Waals surface area (Å²) in [6.07, 6.45) is -1.36. The number of aliphatic hydroxyl groups excluding tert-OH is 3. The van der Waals surface area contributed by atoms with Crippen molar-refractivity contribution >= 4 is 11.8 Å². The van der Waals surface area contributed by atoms with Crippen molar-refractivity contribution in [1.29, 1.82) is 0 Å². The quantitative estimate of drug-likeness (QED) is 0.391. The van der Waals surface area contributed by atoms with Gasteiger partial charge in [0.15, 0.2) is 0 Å². The minimum absolute atomic E-state index is 0.144. The maximum absolute atomic E-state index is 11.6. The van der Waals surface area contributed by atoms with Crippen LogP contribution in [0.25, 0.3) is 0 Å². The Hall–Kier alpha value is -1.64. The van der Waals surface area contributed by atoms with E-state index in [0.29, 0.717) is 12.2 Å². The monoisotopic (exact) mass is 344 g/mol. The fourth-order valence-electron chi connectivity index (χ4n) is 2.53. The van der Waals surface area contributed by atoms with Crippen molar-refractivity contribution in [3.63, 3.8) is 0 Å². The normalized spacial score (nSPS) is 25.9. The maximum atomic E-state index is 11.6. The first-order chi connectivity index (χ1) is 11.3. The van der Waals surface area contributed by atoms with Gasteiger partial charge in [0, 0.05) is 19.9 Å². The highest BCUT2D eigenvalue weighted by Crippen LogP contribution is 2.22. The highest BCUT2D eigenvalue weighted by atomic mass is 16.5. The van der Waals surface area contributed by atoms with Gasteiger partial charge in [0.2, 0.25) is 11.8 Å². The zero-order chi connectivity index (χ0) is 18.3. The molecule has 5 atom stereocenters. The first-order valence-corrected chi connectivity index (χ1v) is 8.19. The Balaban J connectivity index is 2.67. The third-order valence-corrected chi connectivity index (χ3v) is 3.82. The molecule has 1 aliphatic rings. The molecule has 138 valence electrons. The van der Waals surface area contributed by atoms with Crippen molar-refractivity contribution in [2.24, 2.45) is 0 Å². The molecule has 0 saturated heterocycles. The molecule has 24 heavy (non-hydrogen) atoms. The summed E-state index contributed by atoms with van der Waals surface area (Å²) in [6.45, 7) is 4.71. The summed E-state index contributed by atoms with van der Waals surface area (Å²) in [7, 11) is 0. The van der Waals surface area contributed by atoms with Gasteiger partial charge in [0.05, 0.1) is 17.9 Å². The van der Waals surface area contributed by atoms with Gasteiger partial charge in [-0.25, -0.2) is 0 Å². The lowest BCUT2D eigenvalue weighted by Gasteiger charge is -2.38. The van der Waals surface area contributed by atoms with Gasteiger partial charge in [-0.1, -0.05) is 13.3 Å². The van der Waals surface area contributed by atoms with Crippen molar-refractivity contribution in [3.8, 4) is 0 Å². The van der Waals surface area contributed by atoms with E-state index in [1.807, 2.05) is 6.92 Å². The summed E-state index contributed by atoms with van der Waals surface area (Å²) in [4.78, 5) is 22.9. The second kappa shape index (κ2) is 9.61. The van der Waals surface area contributed by atoms with Crippen LogP contribution < -0.4 is 10.6 Å². The number of rotatable bonds is 8. The first kappa shape index (κ1) is 20.4. The van der Waals surface area contributed by atoms with Gasteiger partial charge >= 0.3 is 0 Å². The number of unbranched alkanes of at least 4 members (excludes halogenated alkanes) is 1. The fraction of sp³-hybridized carbons (Fsp3) is 0.750. The van der Waals surface area contributed by atoms with Crippen molar-refractivity contribution in [3.05, 3.63) is 11.8 Å². The van der Waals surface area contributed by atoms with E-state index in [9.17, 15) is 24.9 Å². The Morgan fingerprint density at radius 2 is 2.04 bits per heavy atom. The second-order valence-electron chi connectivity index (χ2n) is 6.04. The summed E-state index contributed by atoms with van der Waals surface area (Å²) in [5.74, 6) is -0.218. The number of hydrogen-bond acceptors (Lipinski definition) is 6. The minimum atomic E-state index is -1.40. The lowest BCUT2D eigenvalue weighted by Crippen LogP contribution is -2.60. The Labute approximate surface area is 141 Å². The van der Waals surface area contributed by atoms with Gasteiger partial charge in [-0.15, -0.1) is 0 Å². The van der Waals surface area contributed by atoms with Gasteiger partial charge in [-0.05, 0) is 19.4 Å². The van der Waals surface area contributed by atoms with Crippen molar-refractivity contribution < 1.29 is 29.6 Å². The molecule has 0 aromatic carbocycles. The number of nitrogens with one attached hydrogen (secondary N) is 2. The standard InChI is InChI=1S/C16H28N2O6/c1-4-5-6-13(22)17-8-12(21)15(23)16-14(18-10(3)19)11(20)7-9(2)24-16/h7,11-12,14-16,20-21,23H,4-6,8H2,1-3H3,(H,17,22)(H,18,19)/t11-,12-,14-,15-,16?/m1/s1. The van der Waals surface area contributed by atoms with Crippen LogP contribution in [0.5, 0.6) is 0 Å². The number of carbonyl (C=O) groups is 2. The minimum Gasteiger partial charge on any atom is -0.490 e. The number of carbonyl (C=O) groups excluding carboxylic acids is 2. The van der Waals surface area contributed by atoms with Crippen LogP contribution in [-0.4, -0.2) is 64.1 Å². The number of aliphatic hydroxyl groups is 3. The summed E-state index contributed by atoms with van der Waals surface area (Å²) < 4.78 is 5.49. The molecule has 0 saturated carbocycles. The Bertz CT molecular complexity index is 467. The zero-order valence-corrected chi connectivity index (χ0v) is 14.4. The summed E-state index contributed by atoms with van der Waals surface area (Å²) >= 11 is 0. The number of allylic oxidation sites excluding steroid dienone is 1. The van der Waals surface area contributed by atoms with E-state index >= 15 is 0 Å². The molecule has 2 amide bonds. The molecule has 0 aliphatic carbocycles. The number of amides is 2. The summed E-state index contributed by atoms with van der Waals surface area (Å²) in [5, 5.41) is 35.6. The van der Waals surface area contributed by atoms with Crippen LogP contribution >= 0.6 is 0 Å². The van der Waals surface area contributed by atoms with Gasteiger partial charge < -0.3 is 30.7 Å². The Morgan fingerprint density at radius 1 is 1.38 bits per heavy atom. The molecule has 1 heterocycles. The van der Waals surface area contributed by atoms with E-state index in [4.69, 9.17) is 4.74 Å². The van der Waals surface area contributed by atoms with Crippen molar-refractivity contribution in [2.45, 2.75) is 70.5 Å². The smallest absolute Gasteiger partial charge is 0.220 e. The molecule has 8 nitrogen and oxygen atoms in total. The van der Waals surface area contributed by atoms with E-state index in [1.54, 1.807) is 6.92 Å². The average Bonchev–Trinajstić information content (AvgIpc) is 2.51. The van der Waals surface area contributed by atoms with Gasteiger partial charge in [0.1, 0.15) is 18.3 Å². The molecule has 0 fully saturated rings. The Kier molecular flexibility index (Phi) is 8.17. The van der Waals surface area contributed by atoms with Crippen LogP contribution in [0.4, 0.5) is 0 Å². The zero-order valence-electron chi connectivity index (χ0n) is 14.4. The molecular formula is C16H28N2O6. The third-order valence-electron chi connectivity index (χ3n) is 3.82. The topological polar surface area (TPSA) is 128 Å². The Morgan fingerprint density at radius 3 is 2.62 bits per heavy atom. The van der Waals surface area contributed by atoms with Gasteiger partial charge in [-0.3, -0.25) is 9.59 Å². The summed E-state index contributed by atoms with van der Waals surface area (Å²) in [5.41, 5.74) is 0. The third kappa shape index (κ3) is 6.10. The molecule has 8 heteroatoms. The van der Waals surface area contributed by atoms with Crippen molar-refractivity contribution in [1.82, 2.24) is 10.6 Å². The highest BCUT2D eigenvalue weighted by molar-refractivity contribution is 5.75. The first-order valence-electron chi connectivity index (χ1n) is 8.19. The van der Waals surface area contributed by atoms with Crippen LogP contribution in [0.2, 0.25) is 0 Å². The van der Waals surface area contributed by atoms with Crippen LogP contribution in [0.3, 0.4) is 0 Å². The molecule has 1 aliphatic heterocycles. The predicted molar refractivity (Wildman–Crippen MR) is 86.8 cm³/mol. The van der Waals surface area contributed by atoms with Crippen LogP contribution in [0.15, 0.2) is 11.8 Å². The fourth-order valence-corrected chi connectivity index (χ4v) is 2.53. The molecule has 0 aromatic heterocycles. The lowest BCUT2D eigenvalue weighted by atomic mass is 9.93. The molecule has 0 radical (unpaired) electrons. The molecule has 0 spiro atoms. The van der Waals surface area contributed by atoms with E-state index in [2.05, 4.69) is 10.6 Å². The summed E-state index contributed by atoms with van der Waals surface area (Å²) in [6, 6.07) is -0.897. The molecule has 0 aromatic rings. The van der Waals surface area contributed by atoms with E-state index in [0.717, 1.165) is 12.8 Å². The largest absolute Gasteiger partial charge is 0.490 e. The second-order valence-corrected chi connectivity index (χ2v) is 6.04. The van der Waals surface area contributed by atoms with Crippen molar-refractivity contribution in [2.75, 3.05) is 6.54 Å².